The van der Waals surface area contributed by atoms with Crippen molar-refractivity contribution in [3.05, 3.63) is 47.8 Å². The summed E-state index contributed by atoms with van der Waals surface area (Å²) in [4.78, 5) is 26.1. The quantitative estimate of drug-likeness (QED) is 0.920. The normalized spacial score (nSPS) is 16.9. The lowest BCUT2D eigenvalue weighted by Gasteiger charge is -2.35. The van der Waals surface area contributed by atoms with E-state index in [0.717, 1.165) is 23.2 Å². The van der Waals surface area contributed by atoms with Gasteiger partial charge in [0.05, 0.1) is 6.20 Å². The molecule has 1 aliphatic rings. The van der Waals surface area contributed by atoms with Crippen LogP contribution in [0.15, 0.2) is 36.7 Å². The van der Waals surface area contributed by atoms with E-state index in [2.05, 4.69) is 5.10 Å². The molecule has 0 fully saturated rings. The van der Waals surface area contributed by atoms with E-state index in [-0.39, 0.29) is 5.91 Å². The number of amides is 2. The number of nitrogens with zero attached hydrogens (tertiary/aromatic N) is 3. The zero-order valence-electron chi connectivity index (χ0n) is 13.1. The second-order valence-electron chi connectivity index (χ2n) is 5.87. The highest BCUT2D eigenvalue weighted by molar-refractivity contribution is 6.01. The number of hydrogen-bond donors (Lipinski definition) is 1. The standard InChI is InChI=1S/C17H20N4O2/c1-20-11-12(10-19-20)6-9-16(22)21-14-5-3-2-4-13(14)7-8-15(21)17(18)23/h2-5,10-11,15H,6-9H2,1H3,(H2,18,23)/t15-/m0/s1. The monoisotopic (exact) mass is 312 g/mol. The van der Waals surface area contributed by atoms with Gasteiger partial charge in [0, 0.05) is 25.4 Å². The highest BCUT2D eigenvalue weighted by Gasteiger charge is 2.33. The number of aromatic nitrogens is 2. The molecule has 0 aliphatic carbocycles. The molecule has 1 aromatic heterocycles. The predicted octanol–water partition coefficient (Wildman–Crippen LogP) is 1.19. The molecule has 1 atom stereocenters. The van der Waals surface area contributed by atoms with Gasteiger partial charge in [-0.2, -0.15) is 5.10 Å². The number of rotatable bonds is 4. The molecule has 0 spiro atoms. The number of primary amides is 1. The number of carbonyl (C=O) groups excluding carboxylic acids is 2. The second kappa shape index (κ2) is 6.24. The minimum absolute atomic E-state index is 0.0789. The van der Waals surface area contributed by atoms with Gasteiger partial charge < -0.3 is 5.73 Å². The first-order valence-corrected chi connectivity index (χ1v) is 7.73. The summed E-state index contributed by atoms with van der Waals surface area (Å²) < 4.78 is 1.71. The van der Waals surface area contributed by atoms with Crippen molar-refractivity contribution < 1.29 is 9.59 Å². The Kier molecular flexibility index (Phi) is 4.14. The van der Waals surface area contributed by atoms with Crippen molar-refractivity contribution >= 4 is 17.5 Å². The van der Waals surface area contributed by atoms with Gasteiger partial charge in [-0.15, -0.1) is 0 Å². The first kappa shape index (κ1) is 15.3. The van der Waals surface area contributed by atoms with Crippen LogP contribution in [-0.2, 0) is 29.5 Å². The van der Waals surface area contributed by atoms with Gasteiger partial charge >= 0.3 is 0 Å². The highest BCUT2D eigenvalue weighted by atomic mass is 16.2. The molecular weight excluding hydrogens is 292 g/mol. The molecular formula is C17H20N4O2. The Bertz CT molecular complexity index is 738. The van der Waals surface area contributed by atoms with Crippen LogP contribution in [-0.4, -0.2) is 27.6 Å². The number of para-hydroxylation sites is 1. The lowest BCUT2D eigenvalue weighted by molar-refractivity contribution is -0.124. The molecule has 3 rings (SSSR count). The first-order chi connectivity index (χ1) is 11.1. The molecule has 0 unspecified atom stereocenters. The van der Waals surface area contributed by atoms with Crippen molar-refractivity contribution in [3.8, 4) is 0 Å². The lowest BCUT2D eigenvalue weighted by atomic mass is 9.94. The largest absolute Gasteiger partial charge is 0.368 e. The van der Waals surface area contributed by atoms with Crippen molar-refractivity contribution in [2.75, 3.05) is 4.90 Å². The minimum Gasteiger partial charge on any atom is -0.368 e. The molecule has 6 heteroatoms. The predicted molar refractivity (Wildman–Crippen MR) is 86.8 cm³/mol. The Labute approximate surface area is 134 Å². The third kappa shape index (κ3) is 3.11. The van der Waals surface area contributed by atoms with Gasteiger partial charge in [-0.25, -0.2) is 0 Å². The summed E-state index contributed by atoms with van der Waals surface area (Å²) in [5.74, 6) is -0.529. The third-order valence-electron chi connectivity index (χ3n) is 4.23. The summed E-state index contributed by atoms with van der Waals surface area (Å²) in [6, 6.07) is 7.14. The number of carbonyl (C=O) groups is 2. The van der Waals surface area contributed by atoms with E-state index in [9.17, 15) is 9.59 Å². The van der Waals surface area contributed by atoms with Crippen LogP contribution in [0.2, 0.25) is 0 Å². The van der Waals surface area contributed by atoms with E-state index >= 15 is 0 Å². The van der Waals surface area contributed by atoms with E-state index in [0.29, 0.717) is 19.3 Å². The smallest absolute Gasteiger partial charge is 0.240 e. The Hall–Kier alpha value is -2.63. The van der Waals surface area contributed by atoms with Gasteiger partial charge in [0.1, 0.15) is 6.04 Å². The van der Waals surface area contributed by atoms with Crippen LogP contribution in [0.25, 0.3) is 0 Å². The molecule has 0 radical (unpaired) electrons. The maximum atomic E-state index is 12.7. The number of anilines is 1. The van der Waals surface area contributed by atoms with Crippen molar-refractivity contribution in [1.82, 2.24) is 9.78 Å². The number of nitrogens with two attached hydrogens (primary N) is 1. The van der Waals surface area contributed by atoms with E-state index in [4.69, 9.17) is 5.73 Å². The zero-order chi connectivity index (χ0) is 16.4. The van der Waals surface area contributed by atoms with Gasteiger partial charge in [-0.05, 0) is 36.5 Å². The van der Waals surface area contributed by atoms with Gasteiger partial charge in [-0.1, -0.05) is 18.2 Å². The van der Waals surface area contributed by atoms with E-state index in [1.807, 2.05) is 37.5 Å². The molecule has 6 nitrogen and oxygen atoms in total. The molecule has 120 valence electrons. The van der Waals surface area contributed by atoms with Crippen LogP contribution >= 0.6 is 0 Å². The van der Waals surface area contributed by atoms with Crippen LogP contribution in [0.4, 0.5) is 5.69 Å². The molecule has 0 saturated heterocycles. The first-order valence-electron chi connectivity index (χ1n) is 7.73. The van der Waals surface area contributed by atoms with Crippen LogP contribution in [0, 0.1) is 0 Å². The fraction of sp³-hybridized carbons (Fsp3) is 0.353. The van der Waals surface area contributed by atoms with Crippen LogP contribution in [0.1, 0.15) is 24.0 Å². The van der Waals surface area contributed by atoms with Crippen molar-refractivity contribution in [2.24, 2.45) is 12.8 Å². The van der Waals surface area contributed by atoms with Crippen LogP contribution in [0.5, 0.6) is 0 Å². The topological polar surface area (TPSA) is 81.2 Å². The summed E-state index contributed by atoms with van der Waals surface area (Å²) in [6.45, 7) is 0. The fourth-order valence-corrected chi connectivity index (χ4v) is 3.10. The van der Waals surface area contributed by atoms with Crippen molar-refractivity contribution in [3.63, 3.8) is 0 Å². The Morgan fingerprint density at radius 1 is 1.35 bits per heavy atom. The summed E-state index contributed by atoms with van der Waals surface area (Å²) in [7, 11) is 1.84. The molecule has 0 bridgehead atoms. The van der Waals surface area contributed by atoms with Gasteiger partial charge in [0.25, 0.3) is 0 Å². The third-order valence-corrected chi connectivity index (χ3v) is 4.23. The molecule has 2 amide bonds. The van der Waals surface area contributed by atoms with Crippen LogP contribution in [0.3, 0.4) is 0 Å². The summed E-state index contributed by atoms with van der Waals surface area (Å²) in [5.41, 5.74) is 8.41. The molecule has 1 aliphatic heterocycles. The summed E-state index contributed by atoms with van der Waals surface area (Å²) in [5, 5.41) is 4.10. The second-order valence-corrected chi connectivity index (χ2v) is 5.87. The SMILES string of the molecule is Cn1cc(CCC(=O)N2c3ccccc3CC[C@H]2C(N)=O)cn1. The molecule has 2 aromatic rings. The van der Waals surface area contributed by atoms with E-state index < -0.39 is 11.9 Å². The maximum Gasteiger partial charge on any atom is 0.240 e. The highest BCUT2D eigenvalue weighted by Crippen LogP contribution is 2.31. The maximum absolute atomic E-state index is 12.7. The number of fused-ring (bicyclic) bond motifs is 1. The molecule has 23 heavy (non-hydrogen) atoms. The molecule has 2 N–H and O–H groups in total. The van der Waals surface area contributed by atoms with E-state index in [1.165, 1.54) is 0 Å². The Morgan fingerprint density at radius 2 is 2.13 bits per heavy atom. The van der Waals surface area contributed by atoms with E-state index in [1.54, 1.807) is 15.8 Å². The lowest BCUT2D eigenvalue weighted by Crippen LogP contribution is -2.50. The molecule has 2 heterocycles. The number of benzene rings is 1. The van der Waals surface area contributed by atoms with Gasteiger partial charge in [0.2, 0.25) is 11.8 Å². The van der Waals surface area contributed by atoms with Crippen molar-refractivity contribution in [1.29, 1.82) is 0 Å². The van der Waals surface area contributed by atoms with Crippen molar-refractivity contribution in [2.45, 2.75) is 31.7 Å². The number of hydrogen-bond acceptors (Lipinski definition) is 3. The summed E-state index contributed by atoms with van der Waals surface area (Å²) >= 11 is 0. The minimum atomic E-state index is -0.564. The molecule has 1 aromatic carbocycles. The average molecular weight is 312 g/mol. The summed E-state index contributed by atoms with van der Waals surface area (Å²) in [6.07, 6.45) is 5.90. The van der Waals surface area contributed by atoms with Gasteiger partial charge in [0.15, 0.2) is 0 Å². The fourth-order valence-electron chi connectivity index (χ4n) is 3.10. The average Bonchev–Trinajstić information content (AvgIpc) is 2.96. The number of aryl methyl sites for hydroxylation is 3. The van der Waals surface area contributed by atoms with Crippen LogP contribution < -0.4 is 10.6 Å². The zero-order valence-corrected chi connectivity index (χ0v) is 13.1. The van der Waals surface area contributed by atoms with Gasteiger partial charge in [-0.3, -0.25) is 19.2 Å². The Balaban J connectivity index is 1.81. The molecule has 0 saturated carbocycles. The Morgan fingerprint density at radius 3 is 2.83 bits per heavy atom.